The van der Waals surface area contributed by atoms with E-state index < -0.39 is 0 Å². The normalized spacial score (nSPS) is 11.1. The van der Waals surface area contributed by atoms with Gasteiger partial charge in [-0.3, -0.25) is 0 Å². The fourth-order valence-electron chi connectivity index (χ4n) is 2.17. The van der Waals surface area contributed by atoms with E-state index in [0.29, 0.717) is 0 Å². The van der Waals surface area contributed by atoms with E-state index in [1.54, 1.807) is 0 Å². The highest BCUT2D eigenvalue weighted by Crippen LogP contribution is 2.04. The maximum atomic E-state index is 5.65. The first kappa shape index (κ1) is 18.1. The molecule has 21 heavy (non-hydrogen) atoms. The lowest BCUT2D eigenvalue weighted by Crippen LogP contribution is -2.14. The van der Waals surface area contributed by atoms with Gasteiger partial charge >= 0.3 is 0 Å². The van der Waals surface area contributed by atoms with Gasteiger partial charge in [0, 0.05) is 19.3 Å². The first-order chi connectivity index (χ1) is 10.4. The molecule has 0 amide bonds. The summed E-state index contributed by atoms with van der Waals surface area (Å²) in [6.07, 6.45) is 11.0. The summed E-state index contributed by atoms with van der Waals surface area (Å²) in [4.78, 5) is 0. The summed E-state index contributed by atoms with van der Waals surface area (Å²) in [6, 6.07) is 0. The molecule has 122 valence electrons. The molecular weight excluding hydrogens is 264 g/mol. The number of nitrogens with one attached hydrogen (secondary N) is 1. The fraction of sp³-hybridized carbons (Fsp3) is 0.875. The largest absolute Gasteiger partial charge is 0.380 e. The second-order valence-electron chi connectivity index (χ2n) is 5.53. The van der Waals surface area contributed by atoms with Crippen LogP contribution in [0.15, 0.2) is 6.20 Å². The zero-order valence-electron chi connectivity index (χ0n) is 13.8. The zero-order chi connectivity index (χ0) is 15.2. The third-order valence-corrected chi connectivity index (χ3v) is 3.43. The van der Waals surface area contributed by atoms with Crippen LogP contribution >= 0.6 is 0 Å². The standard InChI is InChI=1S/C16H32N4O/c1-3-5-6-7-8-9-12-21-13-11-20-15-16(18-19-20)14-17-10-4-2/h15,17H,3-14H2,1-2H3. The molecule has 1 aromatic rings. The van der Waals surface area contributed by atoms with E-state index in [4.69, 9.17) is 4.74 Å². The monoisotopic (exact) mass is 296 g/mol. The van der Waals surface area contributed by atoms with Crippen LogP contribution in [0.25, 0.3) is 0 Å². The predicted octanol–water partition coefficient (Wildman–Crippen LogP) is 3.15. The average molecular weight is 296 g/mol. The van der Waals surface area contributed by atoms with E-state index in [2.05, 4.69) is 29.5 Å². The molecule has 0 saturated heterocycles. The molecule has 1 heterocycles. The van der Waals surface area contributed by atoms with Crippen LogP contribution in [0.2, 0.25) is 0 Å². The molecule has 0 bridgehead atoms. The Morgan fingerprint density at radius 3 is 2.67 bits per heavy atom. The molecule has 5 nitrogen and oxygen atoms in total. The summed E-state index contributed by atoms with van der Waals surface area (Å²) in [5.74, 6) is 0. The van der Waals surface area contributed by atoms with Gasteiger partial charge in [-0.05, 0) is 19.4 Å². The lowest BCUT2D eigenvalue weighted by molar-refractivity contribution is 0.119. The van der Waals surface area contributed by atoms with E-state index in [0.717, 1.165) is 45.0 Å². The zero-order valence-corrected chi connectivity index (χ0v) is 13.8. The van der Waals surface area contributed by atoms with Crippen LogP contribution in [0.1, 0.15) is 64.5 Å². The Morgan fingerprint density at radius 1 is 1.05 bits per heavy atom. The predicted molar refractivity (Wildman–Crippen MR) is 86.2 cm³/mol. The molecule has 0 atom stereocenters. The van der Waals surface area contributed by atoms with Crippen LogP contribution in [0.3, 0.4) is 0 Å². The fourth-order valence-corrected chi connectivity index (χ4v) is 2.17. The van der Waals surface area contributed by atoms with Crippen molar-refractivity contribution in [3.8, 4) is 0 Å². The molecule has 0 unspecified atom stereocenters. The van der Waals surface area contributed by atoms with Crippen LogP contribution in [0, 0.1) is 0 Å². The van der Waals surface area contributed by atoms with Gasteiger partial charge in [-0.2, -0.15) is 0 Å². The first-order valence-electron chi connectivity index (χ1n) is 8.54. The van der Waals surface area contributed by atoms with Crippen LogP contribution in [0.5, 0.6) is 0 Å². The minimum atomic E-state index is 0.722. The van der Waals surface area contributed by atoms with Gasteiger partial charge in [0.05, 0.1) is 18.8 Å². The first-order valence-corrected chi connectivity index (χ1v) is 8.54. The maximum Gasteiger partial charge on any atom is 0.0964 e. The number of hydrogen-bond donors (Lipinski definition) is 1. The highest BCUT2D eigenvalue weighted by Gasteiger charge is 2.00. The van der Waals surface area contributed by atoms with E-state index >= 15 is 0 Å². The Kier molecular flexibility index (Phi) is 11.0. The minimum Gasteiger partial charge on any atom is -0.380 e. The number of aromatic nitrogens is 3. The molecule has 0 radical (unpaired) electrons. The molecule has 1 N–H and O–H groups in total. The average Bonchev–Trinajstić information content (AvgIpc) is 2.94. The van der Waals surface area contributed by atoms with Gasteiger partial charge in [0.25, 0.3) is 0 Å². The topological polar surface area (TPSA) is 52.0 Å². The van der Waals surface area contributed by atoms with Gasteiger partial charge in [-0.1, -0.05) is 51.2 Å². The molecule has 0 saturated carbocycles. The third kappa shape index (κ3) is 9.58. The van der Waals surface area contributed by atoms with Gasteiger partial charge < -0.3 is 10.1 Å². The quantitative estimate of drug-likeness (QED) is 0.536. The van der Waals surface area contributed by atoms with E-state index in [1.165, 1.54) is 38.5 Å². The van der Waals surface area contributed by atoms with Gasteiger partial charge in [0.15, 0.2) is 0 Å². The second kappa shape index (κ2) is 12.8. The third-order valence-electron chi connectivity index (χ3n) is 3.43. The van der Waals surface area contributed by atoms with E-state index in [9.17, 15) is 0 Å². The minimum absolute atomic E-state index is 0.722. The molecule has 1 rings (SSSR count). The molecule has 0 aliphatic heterocycles. The summed E-state index contributed by atoms with van der Waals surface area (Å²) < 4.78 is 7.51. The number of rotatable bonds is 14. The van der Waals surface area contributed by atoms with Crippen molar-refractivity contribution >= 4 is 0 Å². The Morgan fingerprint density at radius 2 is 1.86 bits per heavy atom. The van der Waals surface area contributed by atoms with Crippen molar-refractivity contribution < 1.29 is 4.74 Å². The van der Waals surface area contributed by atoms with Gasteiger partial charge in [0.2, 0.25) is 0 Å². The summed E-state index contributed by atoms with van der Waals surface area (Å²) >= 11 is 0. The van der Waals surface area contributed by atoms with Crippen molar-refractivity contribution in [1.82, 2.24) is 20.3 Å². The van der Waals surface area contributed by atoms with Crippen LogP contribution in [-0.2, 0) is 17.8 Å². The maximum absolute atomic E-state index is 5.65. The Bertz CT molecular complexity index is 341. The Hall–Kier alpha value is -0.940. The Balaban J connectivity index is 1.95. The number of hydrogen-bond acceptors (Lipinski definition) is 4. The van der Waals surface area contributed by atoms with Crippen molar-refractivity contribution in [3.05, 3.63) is 11.9 Å². The van der Waals surface area contributed by atoms with E-state index in [1.807, 2.05) is 10.9 Å². The van der Waals surface area contributed by atoms with Crippen LogP contribution in [-0.4, -0.2) is 34.8 Å². The van der Waals surface area contributed by atoms with Gasteiger partial charge in [-0.25, -0.2) is 4.68 Å². The van der Waals surface area contributed by atoms with Crippen molar-refractivity contribution in [2.75, 3.05) is 19.8 Å². The lowest BCUT2D eigenvalue weighted by Gasteiger charge is -2.04. The van der Waals surface area contributed by atoms with Crippen molar-refractivity contribution in [2.45, 2.75) is 71.9 Å². The molecule has 0 aliphatic rings. The number of ether oxygens (including phenoxy) is 1. The number of nitrogens with zero attached hydrogens (tertiary/aromatic N) is 3. The van der Waals surface area contributed by atoms with Crippen molar-refractivity contribution in [3.63, 3.8) is 0 Å². The van der Waals surface area contributed by atoms with Crippen LogP contribution in [0.4, 0.5) is 0 Å². The molecule has 1 aromatic heterocycles. The summed E-state index contributed by atoms with van der Waals surface area (Å²) in [5, 5.41) is 11.6. The highest BCUT2D eigenvalue weighted by atomic mass is 16.5. The van der Waals surface area contributed by atoms with Crippen LogP contribution < -0.4 is 5.32 Å². The molecular formula is C16H32N4O. The molecule has 5 heteroatoms. The van der Waals surface area contributed by atoms with Gasteiger partial charge in [-0.15, -0.1) is 5.10 Å². The lowest BCUT2D eigenvalue weighted by atomic mass is 10.1. The van der Waals surface area contributed by atoms with Crippen molar-refractivity contribution in [2.24, 2.45) is 0 Å². The molecule has 0 aromatic carbocycles. The van der Waals surface area contributed by atoms with E-state index in [-0.39, 0.29) is 0 Å². The van der Waals surface area contributed by atoms with Gasteiger partial charge in [0.1, 0.15) is 0 Å². The SMILES string of the molecule is CCCCCCCCOCCn1cc(CNCCC)nn1. The summed E-state index contributed by atoms with van der Waals surface area (Å²) in [5.41, 5.74) is 0.999. The molecule has 0 fully saturated rings. The second-order valence-corrected chi connectivity index (χ2v) is 5.53. The Labute approximate surface area is 129 Å². The smallest absolute Gasteiger partial charge is 0.0964 e. The number of unbranched alkanes of at least 4 members (excludes halogenated alkanes) is 5. The summed E-state index contributed by atoms with van der Waals surface area (Å²) in [7, 11) is 0. The summed E-state index contributed by atoms with van der Waals surface area (Å²) in [6.45, 7) is 8.60. The highest BCUT2D eigenvalue weighted by molar-refractivity contribution is 4.91. The molecule has 0 aliphatic carbocycles. The van der Waals surface area contributed by atoms with Crippen molar-refractivity contribution in [1.29, 1.82) is 0 Å². The molecule has 0 spiro atoms.